The van der Waals surface area contributed by atoms with Crippen LogP contribution in [0.2, 0.25) is 0 Å². The molecule has 21 heavy (non-hydrogen) atoms. The van der Waals surface area contributed by atoms with Crippen molar-refractivity contribution in [3.05, 3.63) is 47.2 Å². The van der Waals surface area contributed by atoms with Gasteiger partial charge in [-0.25, -0.2) is 13.8 Å². The second kappa shape index (κ2) is 4.08. The number of amides is 1. The average Bonchev–Trinajstić information content (AvgIpc) is 3.03. The molecule has 3 aromatic rings. The van der Waals surface area contributed by atoms with Gasteiger partial charge in [-0.2, -0.15) is 5.10 Å². The fraction of sp³-hybridized carbons (Fsp3) is 0.0714. The molecule has 0 spiro atoms. The molecule has 0 saturated heterocycles. The number of carbonyl (C=O) groups is 1. The third-order valence-corrected chi connectivity index (χ3v) is 3.48. The summed E-state index contributed by atoms with van der Waals surface area (Å²) in [6, 6.07) is 5.43. The van der Waals surface area contributed by atoms with Crippen molar-refractivity contribution >= 4 is 16.8 Å². The molecule has 1 aliphatic heterocycles. The van der Waals surface area contributed by atoms with Gasteiger partial charge in [0.05, 0.1) is 29.0 Å². The summed E-state index contributed by atoms with van der Waals surface area (Å²) in [5, 5.41) is 9.83. The number of halogens is 2. The van der Waals surface area contributed by atoms with Crippen LogP contribution in [0.25, 0.3) is 22.3 Å². The predicted octanol–water partition coefficient (Wildman–Crippen LogP) is 2.15. The van der Waals surface area contributed by atoms with E-state index in [0.29, 0.717) is 40.1 Å². The Bertz CT molecular complexity index is 903. The van der Waals surface area contributed by atoms with Gasteiger partial charge in [-0.05, 0) is 18.2 Å². The van der Waals surface area contributed by atoms with Crippen LogP contribution in [0, 0.1) is 11.6 Å². The molecule has 1 amide bonds. The molecule has 0 saturated carbocycles. The number of nitrogens with one attached hydrogen (secondary N) is 2. The monoisotopic (exact) mass is 286 g/mol. The topological polar surface area (TPSA) is 70.7 Å². The van der Waals surface area contributed by atoms with Crippen molar-refractivity contribution in [3.63, 3.8) is 0 Å². The number of hydrogen-bond acceptors (Lipinski definition) is 3. The maximum Gasteiger partial charge on any atom is 0.253 e. The first-order valence-corrected chi connectivity index (χ1v) is 6.25. The van der Waals surface area contributed by atoms with Crippen molar-refractivity contribution < 1.29 is 13.6 Å². The fourth-order valence-electron chi connectivity index (χ4n) is 2.44. The quantitative estimate of drug-likeness (QED) is 0.720. The highest BCUT2D eigenvalue weighted by molar-refractivity contribution is 5.98. The van der Waals surface area contributed by atoms with Crippen molar-refractivity contribution in [2.45, 2.75) is 6.54 Å². The molecule has 0 radical (unpaired) electrons. The maximum atomic E-state index is 13.4. The maximum absolute atomic E-state index is 13.4. The summed E-state index contributed by atoms with van der Waals surface area (Å²) in [7, 11) is 0. The van der Waals surface area contributed by atoms with Crippen LogP contribution in [0.1, 0.15) is 16.1 Å². The van der Waals surface area contributed by atoms with Crippen LogP contribution in [-0.2, 0) is 6.54 Å². The van der Waals surface area contributed by atoms with Crippen LogP contribution in [0.4, 0.5) is 8.78 Å². The van der Waals surface area contributed by atoms with Gasteiger partial charge in [0.15, 0.2) is 11.6 Å². The second-order valence-electron chi connectivity index (χ2n) is 4.76. The van der Waals surface area contributed by atoms with Gasteiger partial charge in [-0.3, -0.25) is 9.89 Å². The van der Waals surface area contributed by atoms with Crippen molar-refractivity contribution in [2.24, 2.45) is 0 Å². The van der Waals surface area contributed by atoms with Crippen LogP contribution in [-0.4, -0.2) is 21.1 Å². The van der Waals surface area contributed by atoms with E-state index in [1.165, 1.54) is 0 Å². The minimum atomic E-state index is -0.942. The Kier molecular flexibility index (Phi) is 2.32. The lowest BCUT2D eigenvalue weighted by Gasteiger charge is -2.01. The molecule has 0 aliphatic carbocycles. The van der Waals surface area contributed by atoms with Crippen LogP contribution in [0.3, 0.4) is 0 Å². The number of aromatic amines is 1. The number of pyridine rings is 1. The van der Waals surface area contributed by atoms with Gasteiger partial charge in [-0.15, -0.1) is 0 Å². The highest BCUT2D eigenvalue weighted by atomic mass is 19.2. The number of hydrogen-bond donors (Lipinski definition) is 2. The van der Waals surface area contributed by atoms with E-state index in [2.05, 4.69) is 20.5 Å². The number of fused-ring (bicyclic) bond motifs is 2. The largest absolute Gasteiger partial charge is 0.346 e. The molecule has 2 N–H and O–H groups in total. The lowest BCUT2D eigenvalue weighted by atomic mass is 10.1. The number of benzene rings is 1. The smallest absolute Gasteiger partial charge is 0.253 e. The van der Waals surface area contributed by atoms with Gasteiger partial charge >= 0.3 is 0 Å². The van der Waals surface area contributed by atoms with Gasteiger partial charge < -0.3 is 5.32 Å². The Morgan fingerprint density at radius 1 is 1.14 bits per heavy atom. The van der Waals surface area contributed by atoms with Crippen LogP contribution >= 0.6 is 0 Å². The van der Waals surface area contributed by atoms with Crippen molar-refractivity contribution in [3.8, 4) is 11.4 Å². The molecule has 3 heterocycles. The standard InChI is InChI=1S/C14H8F2N4O/c15-8-3-7-11(4-9(8)16)19-20-13(7)10-2-1-6-12(18-10)5-17-14(6)21/h1-4H,5H2,(H,17,21)(H,19,20). The van der Waals surface area contributed by atoms with E-state index in [0.717, 1.165) is 12.1 Å². The number of rotatable bonds is 1. The Hall–Kier alpha value is -2.83. The molecule has 7 heteroatoms. The van der Waals surface area contributed by atoms with Gasteiger partial charge in [-0.1, -0.05) is 0 Å². The second-order valence-corrected chi connectivity index (χ2v) is 4.76. The number of H-pyrrole nitrogens is 1. The minimum Gasteiger partial charge on any atom is -0.346 e. The van der Waals surface area contributed by atoms with Crippen molar-refractivity contribution in [1.82, 2.24) is 20.5 Å². The Morgan fingerprint density at radius 3 is 2.81 bits per heavy atom. The van der Waals surface area contributed by atoms with E-state index >= 15 is 0 Å². The fourth-order valence-corrected chi connectivity index (χ4v) is 2.44. The summed E-state index contributed by atoms with van der Waals surface area (Å²) in [6.45, 7) is 0.355. The van der Waals surface area contributed by atoms with Gasteiger partial charge in [0.25, 0.3) is 5.91 Å². The summed E-state index contributed by atoms with van der Waals surface area (Å²) in [5.74, 6) is -2.04. The Balaban J connectivity index is 1.91. The number of nitrogens with zero attached hydrogens (tertiary/aromatic N) is 2. The van der Waals surface area contributed by atoms with Crippen LogP contribution < -0.4 is 5.32 Å². The SMILES string of the molecule is O=C1NCc2nc(-c3n[nH]c4cc(F)c(F)cc34)ccc21. The summed E-state index contributed by atoms with van der Waals surface area (Å²) in [4.78, 5) is 15.9. The summed E-state index contributed by atoms with van der Waals surface area (Å²) in [5.41, 5.74) is 2.46. The zero-order valence-electron chi connectivity index (χ0n) is 10.6. The molecule has 0 fully saturated rings. The molecule has 1 aromatic carbocycles. The van der Waals surface area contributed by atoms with Crippen molar-refractivity contribution in [2.75, 3.05) is 0 Å². The molecule has 104 valence electrons. The van der Waals surface area contributed by atoms with E-state index in [-0.39, 0.29) is 5.91 Å². The van der Waals surface area contributed by atoms with E-state index in [1.54, 1.807) is 12.1 Å². The molecule has 0 unspecified atom stereocenters. The van der Waals surface area contributed by atoms with Crippen LogP contribution in [0.5, 0.6) is 0 Å². The Morgan fingerprint density at radius 2 is 1.95 bits per heavy atom. The van der Waals surface area contributed by atoms with Gasteiger partial charge in [0.1, 0.15) is 5.69 Å². The van der Waals surface area contributed by atoms with Gasteiger partial charge in [0, 0.05) is 11.5 Å². The molecule has 5 nitrogen and oxygen atoms in total. The predicted molar refractivity (Wildman–Crippen MR) is 70.4 cm³/mol. The first-order chi connectivity index (χ1) is 10.1. The highest BCUT2D eigenvalue weighted by Crippen LogP contribution is 2.28. The Labute approximate surface area is 117 Å². The van der Waals surface area contributed by atoms with E-state index in [9.17, 15) is 13.6 Å². The molecule has 1 aliphatic rings. The molecule has 4 rings (SSSR count). The normalized spacial score (nSPS) is 13.5. The third kappa shape index (κ3) is 1.70. The molecule has 0 atom stereocenters. The van der Waals surface area contributed by atoms with E-state index in [1.807, 2.05) is 0 Å². The lowest BCUT2D eigenvalue weighted by molar-refractivity contribution is 0.0966. The van der Waals surface area contributed by atoms with Crippen molar-refractivity contribution in [1.29, 1.82) is 0 Å². The molecule has 2 aromatic heterocycles. The average molecular weight is 286 g/mol. The first kappa shape index (κ1) is 12.0. The summed E-state index contributed by atoms with van der Waals surface area (Å²) >= 11 is 0. The molecular formula is C14H8F2N4O. The zero-order chi connectivity index (χ0) is 14.6. The lowest BCUT2D eigenvalue weighted by Crippen LogP contribution is -2.12. The highest BCUT2D eigenvalue weighted by Gasteiger charge is 2.21. The van der Waals surface area contributed by atoms with Crippen LogP contribution in [0.15, 0.2) is 24.3 Å². The third-order valence-electron chi connectivity index (χ3n) is 3.48. The number of carbonyl (C=O) groups excluding carboxylic acids is 1. The zero-order valence-corrected chi connectivity index (χ0v) is 10.6. The summed E-state index contributed by atoms with van der Waals surface area (Å²) in [6.07, 6.45) is 0. The van der Waals surface area contributed by atoms with E-state index in [4.69, 9.17) is 0 Å². The first-order valence-electron chi connectivity index (χ1n) is 6.25. The summed E-state index contributed by atoms with van der Waals surface area (Å²) < 4.78 is 26.6. The van der Waals surface area contributed by atoms with E-state index < -0.39 is 11.6 Å². The molecular weight excluding hydrogens is 278 g/mol. The van der Waals surface area contributed by atoms with Gasteiger partial charge in [0.2, 0.25) is 0 Å². The number of aromatic nitrogens is 3. The molecule has 0 bridgehead atoms. The minimum absolute atomic E-state index is 0.163.